The van der Waals surface area contributed by atoms with E-state index in [2.05, 4.69) is 0 Å². The van der Waals surface area contributed by atoms with Gasteiger partial charge in [0.2, 0.25) is 0 Å². The summed E-state index contributed by atoms with van der Waals surface area (Å²) >= 11 is 0. The molecule has 0 N–H and O–H groups in total. The van der Waals surface area contributed by atoms with E-state index < -0.39 is 0 Å². The average Bonchev–Trinajstić information content (AvgIpc) is 2.25. The van der Waals surface area contributed by atoms with Gasteiger partial charge in [0, 0.05) is 13.2 Å². The second kappa shape index (κ2) is 11.5. The Morgan fingerprint density at radius 2 is 1.87 bits per heavy atom. The summed E-state index contributed by atoms with van der Waals surface area (Å²) in [6.07, 6.45) is 3.19. The zero-order valence-corrected chi connectivity index (χ0v) is 9.90. The molecule has 0 aliphatic heterocycles. The van der Waals surface area contributed by atoms with Crippen molar-refractivity contribution < 1.29 is 18.9 Å². The van der Waals surface area contributed by atoms with Gasteiger partial charge in [0.05, 0.1) is 19.5 Å². The van der Waals surface area contributed by atoms with Crippen molar-refractivity contribution >= 4 is 0 Å². The highest BCUT2D eigenvalue weighted by Crippen LogP contribution is 1.96. The van der Waals surface area contributed by atoms with Crippen LogP contribution in [0.1, 0.15) is 20.8 Å². The highest BCUT2D eigenvalue weighted by atomic mass is 16.7. The fourth-order valence-corrected chi connectivity index (χ4v) is 0.936. The molecule has 1 atom stereocenters. The second-order valence-electron chi connectivity index (χ2n) is 2.76. The van der Waals surface area contributed by atoms with Gasteiger partial charge in [0.1, 0.15) is 6.61 Å². The summed E-state index contributed by atoms with van der Waals surface area (Å²) in [6, 6.07) is 0. The molecule has 0 aromatic rings. The molecule has 4 heteroatoms. The van der Waals surface area contributed by atoms with Crippen molar-refractivity contribution in [2.75, 3.05) is 33.0 Å². The maximum atomic E-state index is 5.43. The van der Waals surface area contributed by atoms with E-state index in [0.29, 0.717) is 33.0 Å². The third-order valence-corrected chi connectivity index (χ3v) is 1.55. The Morgan fingerprint density at radius 1 is 1.07 bits per heavy atom. The van der Waals surface area contributed by atoms with E-state index in [1.165, 1.54) is 0 Å². The Labute approximate surface area is 92.2 Å². The zero-order valence-electron chi connectivity index (χ0n) is 9.90. The molecule has 0 aliphatic carbocycles. The molecular formula is C11H22O4. The minimum atomic E-state index is -0.288. The third-order valence-electron chi connectivity index (χ3n) is 1.55. The predicted molar refractivity (Wildman–Crippen MR) is 58.6 cm³/mol. The second-order valence-corrected chi connectivity index (χ2v) is 2.76. The Bertz CT molecular complexity index is 148. The fourth-order valence-electron chi connectivity index (χ4n) is 0.936. The van der Waals surface area contributed by atoms with E-state index >= 15 is 0 Å². The topological polar surface area (TPSA) is 36.9 Å². The van der Waals surface area contributed by atoms with Gasteiger partial charge < -0.3 is 18.9 Å². The van der Waals surface area contributed by atoms with E-state index in [0.717, 1.165) is 0 Å². The molecule has 0 spiro atoms. The minimum Gasteiger partial charge on any atom is -0.499 e. The van der Waals surface area contributed by atoms with Crippen LogP contribution in [0.5, 0.6) is 0 Å². The molecule has 0 heterocycles. The average molecular weight is 218 g/mol. The largest absolute Gasteiger partial charge is 0.499 e. The van der Waals surface area contributed by atoms with Gasteiger partial charge >= 0.3 is 0 Å². The van der Waals surface area contributed by atoms with Crippen LogP contribution >= 0.6 is 0 Å². The van der Waals surface area contributed by atoms with Crippen LogP contribution in [0, 0.1) is 0 Å². The molecule has 90 valence electrons. The first kappa shape index (κ1) is 14.4. The van der Waals surface area contributed by atoms with Gasteiger partial charge in [-0.05, 0) is 20.8 Å². The molecule has 0 aromatic heterocycles. The minimum absolute atomic E-state index is 0.288. The number of hydrogen-bond donors (Lipinski definition) is 0. The molecule has 0 fully saturated rings. The number of hydrogen-bond acceptors (Lipinski definition) is 4. The van der Waals surface area contributed by atoms with Crippen LogP contribution in [0.2, 0.25) is 0 Å². The fraction of sp³-hybridized carbons (Fsp3) is 0.818. The van der Waals surface area contributed by atoms with Crippen LogP contribution in [0.4, 0.5) is 0 Å². The predicted octanol–water partition coefficient (Wildman–Crippen LogP) is 1.95. The van der Waals surface area contributed by atoms with Gasteiger partial charge in [0.15, 0.2) is 6.29 Å². The maximum Gasteiger partial charge on any atom is 0.180 e. The highest BCUT2D eigenvalue weighted by molar-refractivity contribution is 4.64. The molecule has 0 radical (unpaired) electrons. The van der Waals surface area contributed by atoms with Crippen LogP contribution in [0.3, 0.4) is 0 Å². The van der Waals surface area contributed by atoms with E-state index in [1.807, 2.05) is 26.8 Å². The molecule has 0 saturated heterocycles. The summed E-state index contributed by atoms with van der Waals surface area (Å²) in [5.74, 6) is 0. The highest BCUT2D eigenvalue weighted by Gasteiger charge is 2.07. The van der Waals surface area contributed by atoms with Crippen molar-refractivity contribution in [1.82, 2.24) is 0 Å². The summed E-state index contributed by atoms with van der Waals surface area (Å²) in [6.45, 7) is 8.56. The molecule has 0 bridgehead atoms. The summed E-state index contributed by atoms with van der Waals surface area (Å²) in [4.78, 5) is 0. The standard InChI is InChI=1S/C11H22O4/c1-4-7-13-8-9-15-11(14-6-3)10-12-5-2/h4,7,11H,5-6,8-10H2,1-3H3/b7-4+. The van der Waals surface area contributed by atoms with E-state index in [9.17, 15) is 0 Å². The van der Waals surface area contributed by atoms with Crippen molar-refractivity contribution in [2.45, 2.75) is 27.1 Å². The summed E-state index contributed by atoms with van der Waals surface area (Å²) < 4.78 is 21.1. The van der Waals surface area contributed by atoms with E-state index in [4.69, 9.17) is 18.9 Å². The first-order valence-electron chi connectivity index (χ1n) is 5.38. The SMILES string of the molecule is C/C=C/OCCOC(COCC)OCC. The summed E-state index contributed by atoms with van der Waals surface area (Å²) in [5, 5.41) is 0. The number of ether oxygens (including phenoxy) is 4. The smallest absolute Gasteiger partial charge is 0.180 e. The van der Waals surface area contributed by atoms with Crippen LogP contribution in [0.25, 0.3) is 0 Å². The molecular weight excluding hydrogens is 196 g/mol. The molecule has 0 amide bonds. The lowest BCUT2D eigenvalue weighted by molar-refractivity contribution is -0.173. The van der Waals surface area contributed by atoms with Crippen molar-refractivity contribution in [1.29, 1.82) is 0 Å². The van der Waals surface area contributed by atoms with Gasteiger partial charge in [-0.15, -0.1) is 0 Å². The monoisotopic (exact) mass is 218 g/mol. The van der Waals surface area contributed by atoms with E-state index in [-0.39, 0.29) is 6.29 Å². The van der Waals surface area contributed by atoms with Gasteiger partial charge in [-0.25, -0.2) is 0 Å². The molecule has 0 aliphatic rings. The molecule has 0 saturated carbocycles. The number of rotatable bonds is 10. The van der Waals surface area contributed by atoms with Gasteiger partial charge in [-0.3, -0.25) is 0 Å². The molecule has 0 rings (SSSR count). The first-order chi connectivity index (χ1) is 7.35. The van der Waals surface area contributed by atoms with E-state index in [1.54, 1.807) is 6.26 Å². The first-order valence-corrected chi connectivity index (χ1v) is 5.38. The lowest BCUT2D eigenvalue weighted by atomic mass is 10.6. The van der Waals surface area contributed by atoms with Gasteiger partial charge in [0.25, 0.3) is 0 Å². The number of allylic oxidation sites excluding steroid dienone is 1. The zero-order chi connectivity index (χ0) is 11.4. The van der Waals surface area contributed by atoms with Crippen LogP contribution < -0.4 is 0 Å². The van der Waals surface area contributed by atoms with Crippen molar-refractivity contribution in [2.24, 2.45) is 0 Å². The quantitative estimate of drug-likeness (QED) is 0.319. The van der Waals surface area contributed by atoms with Gasteiger partial charge in [-0.2, -0.15) is 0 Å². The lowest BCUT2D eigenvalue weighted by Gasteiger charge is -2.17. The lowest BCUT2D eigenvalue weighted by Crippen LogP contribution is -2.25. The van der Waals surface area contributed by atoms with Gasteiger partial charge in [-0.1, -0.05) is 6.08 Å². The Hall–Kier alpha value is -0.580. The maximum absolute atomic E-state index is 5.43. The van der Waals surface area contributed by atoms with Crippen molar-refractivity contribution in [3.8, 4) is 0 Å². The third kappa shape index (κ3) is 9.72. The van der Waals surface area contributed by atoms with Crippen molar-refractivity contribution in [3.05, 3.63) is 12.3 Å². The summed E-state index contributed by atoms with van der Waals surface area (Å²) in [5.41, 5.74) is 0. The van der Waals surface area contributed by atoms with Crippen LogP contribution in [-0.4, -0.2) is 39.3 Å². The van der Waals surface area contributed by atoms with Crippen molar-refractivity contribution in [3.63, 3.8) is 0 Å². The molecule has 4 nitrogen and oxygen atoms in total. The van der Waals surface area contributed by atoms with Crippen LogP contribution in [-0.2, 0) is 18.9 Å². The normalized spacial score (nSPS) is 13.3. The Morgan fingerprint density at radius 3 is 2.47 bits per heavy atom. The molecule has 1 unspecified atom stereocenters. The molecule has 15 heavy (non-hydrogen) atoms. The Balaban J connectivity index is 3.46. The Kier molecular flexibility index (Phi) is 11.1. The van der Waals surface area contributed by atoms with Crippen LogP contribution in [0.15, 0.2) is 12.3 Å². The summed E-state index contributed by atoms with van der Waals surface area (Å²) in [7, 11) is 0. The molecule has 0 aromatic carbocycles.